The molecular weight excluding hydrogens is 575 g/mol. The first-order chi connectivity index (χ1) is 21.4. The number of unbranched alkanes of at least 4 members (excludes halogenated alkanes) is 1. The van der Waals surface area contributed by atoms with Crippen LogP contribution in [0.1, 0.15) is 47.7 Å². The van der Waals surface area contributed by atoms with Crippen molar-refractivity contribution in [1.29, 1.82) is 0 Å². The molecule has 6 rings (SSSR count). The van der Waals surface area contributed by atoms with Gasteiger partial charge < -0.3 is 14.4 Å². The van der Waals surface area contributed by atoms with Crippen LogP contribution in [0.3, 0.4) is 0 Å². The lowest BCUT2D eigenvalue weighted by Gasteiger charge is -2.40. The molecule has 2 aromatic heterocycles. The van der Waals surface area contributed by atoms with Crippen LogP contribution in [0, 0.1) is 12.7 Å². The van der Waals surface area contributed by atoms with Crippen LogP contribution in [0.5, 0.6) is 0 Å². The van der Waals surface area contributed by atoms with Crippen LogP contribution in [-0.4, -0.2) is 72.8 Å². The average Bonchev–Trinajstić information content (AvgIpc) is 3.34. The fraction of sp³-hybridized carbons (Fsp3) is 0.324. The first-order valence-corrected chi connectivity index (χ1v) is 16.0. The van der Waals surface area contributed by atoms with Crippen molar-refractivity contribution in [2.24, 2.45) is 0 Å². The van der Waals surface area contributed by atoms with E-state index in [9.17, 15) is 14.0 Å². The quantitative estimate of drug-likeness (QED) is 0.148. The third kappa shape index (κ3) is 6.45. The molecule has 1 saturated heterocycles. The van der Waals surface area contributed by atoms with E-state index in [2.05, 4.69) is 14.8 Å². The van der Waals surface area contributed by atoms with E-state index in [1.165, 1.54) is 23.9 Å². The van der Waals surface area contributed by atoms with Crippen LogP contribution in [0.15, 0.2) is 78.0 Å². The van der Waals surface area contributed by atoms with Crippen molar-refractivity contribution < 1.29 is 14.0 Å². The summed E-state index contributed by atoms with van der Waals surface area (Å²) in [5.41, 5.74) is 5.28. The molecule has 0 bridgehead atoms. The van der Waals surface area contributed by atoms with Gasteiger partial charge in [0.1, 0.15) is 11.3 Å². The summed E-state index contributed by atoms with van der Waals surface area (Å²) in [5.74, 6) is 0.664. The van der Waals surface area contributed by atoms with Gasteiger partial charge in [-0.15, -0.1) is 10.2 Å². The van der Waals surface area contributed by atoms with Crippen molar-refractivity contribution in [2.75, 3.05) is 25.4 Å². The van der Waals surface area contributed by atoms with E-state index in [-0.39, 0.29) is 23.7 Å². The highest BCUT2D eigenvalue weighted by Gasteiger charge is 2.30. The second-order valence-corrected chi connectivity index (χ2v) is 12.4. The highest BCUT2D eigenvalue weighted by molar-refractivity contribution is 7.99. The van der Waals surface area contributed by atoms with Crippen LogP contribution in [0.2, 0.25) is 0 Å². The standard InChI is InChI=1S/C34H35FN6O2S/c1-23-10-14-26(15-11-23)33(43)40-19-18-39(21-24(40)2)30(42)9-5-6-20-44-34-36-32-31(37-38-34)28-7-3-4-8-29(28)41(32)22-25-12-16-27(35)17-13-25/h3-4,7-8,10-17,24H,5-6,9,18-22H2,1-2H3. The van der Waals surface area contributed by atoms with Gasteiger partial charge in [-0.3, -0.25) is 9.59 Å². The first-order valence-electron chi connectivity index (χ1n) is 15.0. The largest absolute Gasteiger partial charge is 0.339 e. The molecule has 3 aromatic carbocycles. The van der Waals surface area contributed by atoms with Crippen molar-refractivity contribution in [3.63, 3.8) is 0 Å². The molecule has 8 nitrogen and oxygen atoms in total. The monoisotopic (exact) mass is 610 g/mol. The number of para-hydroxylation sites is 1. The van der Waals surface area contributed by atoms with Crippen molar-refractivity contribution in [2.45, 2.75) is 50.9 Å². The lowest BCUT2D eigenvalue weighted by molar-refractivity contribution is -0.133. The van der Waals surface area contributed by atoms with Gasteiger partial charge in [-0.1, -0.05) is 59.8 Å². The maximum absolute atomic E-state index is 13.5. The highest BCUT2D eigenvalue weighted by atomic mass is 32.2. The fourth-order valence-corrected chi connectivity index (χ4v) is 6.51. The Labute approximate surface area is 260 Å². The SMILES string of the molecule is Cc1ccc(C(=O)N2CCN(C(=O)CCCCSc3nnc4c5ccccc5n(Cc5ccc(F)cc5)c4n3)CC2C)cc1. The molecule has 2 amide bonds. The lowest BCUT2D eigenvalue weighted by atomic mass is 10.1. The number of aromatic nitrogens is 4. The Bertz CT molecular complexity index is 1790. The number of thioether (sulfide) groups is 1. The summed E-state index contributed by atoms with van der Waals surface area (Å²) in [5, 5.41) is 10.5. The molecule has 3 heterocycles. The molecule has 0 aliphatic carbocycles. The molecule has 0 radical (unpaired) electrons. The third-order valence-corrected chi connectivity index (χ3v) is 9.09. The number of hydrogen-bond acceptors (Lipinski definition) is 6. The van der Waals surface area contributed by atoms with Crippen LogP contribution in [-0.2, 0) is 11.3 Å². The molecule has 1 unspecified atom stereocenters. The number of hydrogen-bond donors (Lipinski definition) is 0. The fourth-order valence-electron chi connectivity index (χ4n) is 5.73. The normalized spacial score (nSPS) is 15.3. The number of amides is 2. The van der Waals surface area contributed by atoms with Gasteiger partial charge in [-0.25, -0.2) is 9.37 Å². The Morgan fingerprint density at radius 2 is 1.73 bits per heavy atom. The predicted octanol–water partition coefficient (Wildman–Crippen LogP) is 6.11. The zero-order valence-electron chi connectivity index (χ0n) is 24.9. The summed E-state index contributed by atoms with van der Waals surface area (Å²) in [6.07, 6.45) is 2.09. The Hall–Kier alpha value is -4.31. The minimum absolute atomic E-state index is 0.0207. The number of nitrogens with zero attached hydrogens (tertiary/aromatic N) is 6. The highest BCUT2D eigenvalue weighted by Crippen LogP contribution is 2.28. The number of benzene rings is 3. The lowest BCUT2D eigenvalue weighted by Crippen LogP contribution is -2.55. The van der Waals surface area contributed by atoms with E-state index in [1.54, 1.807) is 12.1 Å². The second-order valence-electron chi connectivity index (χ2n) is 11.4. The van der Waals surface area contributed by atoms with Crippen LogP contribution in [0.4, 0.5) is 4.39 Å². The molecule has 44 heavy (non-hydrogen) atoms. The number of carbonyl (C=O) groups excluding carboxylic acids is 2. The van der Waals surface area contributed by atoms with Gasteiger partial charge in [0.25, 0.3) is 5.91 Å². The molecular formula is C34H35FN6O2S. The molecule has 226 valence electrons. The Morgan fingerprint density at radius 3 is 2.50 bits per heavy atom. The number of carbonyl (C=O) groups is 2. The van der Waals surface area contributed by atoms with E-state index in [1.807, 2.05) is 72.2 Å². The van der Waals surface area contributed by atoms with Crippen LogP contribution >= 0.6 is 11.8 Å². The summed E-state index contributed by atoms with van der Waals surface area (Å²) in [6, 6.07) is 22.1. The van der Waals surface area contributed by atoms with Crippen molar-refractivity contribution in [3.8, 4) is 0 Å². The molecule has 0 spiro atoms. The van der Waals surface area contributed by atoms with Gasteiger partial charge in [0.15, 0.2) is 5.65 Å². The molecule has 10 heteroatoms. The molecule has 1 aliphatic heterocycles. The van der Waals surface area contributed by atoms with E-state index in [0.717, 1.165) is 51.8 Å². The van der Waals surface area contributed by atoms with Gasteiger partial charge in [-0.2, -0.15) is 0 Å². The molecule has 0 N–H and O–H groups in total. The van der Waals surface area contributed by atoms with E-state index < -0.39 is 0 Å². The van der Waals surface area contributed by atoms with Gasteiger partial charge in [0.05, 0.1) is 5.52 Å². The van der Waals surface area contributed by atoms with Crippen LogP contribution in [0.25, 0.3) is 22.1 Å². The number of fused-ring (bicyclic) bond motifs is 3. The van der Waals surface area contributed by atoms with E-state index >= 15 is 0 Å². The molecule has 5 aromatic rings. The first kappa shape index (κ1) is 29.7. The number of piperazine rings is 1. The summed E-state index contributed by atoms with van der Waals surface area (Å²) in [4.78, 5) is 34.6. The molecule has 1 atom stereocenters. The summed E-state index contributed by atoms with van der Waals surface area (Å²) in [6.45, 7) is 6.20. The second kappa shape index (κ2) is 13.1. The maximum atomic E-state index is 13.5. The minimum atomic E-state index is -0.261. The summed E-state index contributed by atoms with van der Waals surface area (Å²) < 4.78 is 15.6. The Morgan fingerprint density at radius 1 is 0.955 bits per heavy atom. The predicted molar refractivity (Wildman–Crippen MR) is 171 cm³/mol. The smallest absolute Gasteiger partial charge is 0.254 e. The summed E-state index contributed by atoms with van der Waals surface area (Å²) in [7, 11) is 0. The zero-order chi connectivity index (χ0) is 30.6. The maximum Gasteiger partial charge on any atom is 0.254 e. The molecule has 1 aliphatic rings. The van der Waals surface area contributed by atoms with E-state index in [4.69, 9.17) is 4.98 Å². The Kier molecular flexibility index (Phi) is 8.88. The van der Waals surface area contributed by atoms with Crippen molar-refractivity contribution in [1.82, 2.24) is 29.5 Å². The third-order valence-electron chi connectivity index (χ3n) is 8.16. The van der Waals surface area contributed by atoms with E-state index in [0.29, 0.717) is 43.3 Å². The average molecular weight is 611 g/mol. The van der Waals surface area contributed by atoms with Gasteiger partial charge >= 0.3 is 0 Å². The van der Waals surface area contributed by atoms with Crippen LogP contribution < -0.4 is 0 Å². The molecule has 0 saturated carbocycles. The van der Waals surface area contributed by atoms with Gasteiger partial charge in [-0.05, 0) is 62.6 Å². The topological polar surface area (TPSA) is 84.2 Å². The van der Waals surface area contributed by atoms with Crippen molar-refractivity contribution in [3.05, 3.63) is 95.3 Å². The summed E-state index contributed by atoms with van der Waals surface area (Å²) >= 11 is 1.54. The number of halogens is 1. The van der Waals surface area contributed by atoms with Gasteiger partial charge in [0.2, 0.25) is 11.1 Å². The number of aryl methyl sites for hydroxylation is 1. The zero-order valence-corrected chi connectivity index (χ0v) is 25.8. The molecule has 1 fully saturated rings. The van der Waals surface area contributed by atoms with Crippen molar-refractivity contribution >= 4 is 45.6 Å². The van der Waals surface area contributed by atoms with Gasteiger partial charge in [0, 0.05) is 55.3 Å². The number of rotatable bonds is 9. The Balaban J connectivity index is 1.02. The minimum Gasteiger partial charge on any atom is -0.339 e.